The molecule has 1 aromatic heterocycles. The normalized spacial score (nSPS) is 11.2. The molecule has 140 valence electrons. The number of thiophene rings is 1. The number of carbonyl (C=O) groups excluding carboxylic acids is 2. The van der Waals surface area contributed by atoms with E-state index < -0.39 is 21.8 Å². The second-order valence-corrected chi connectivity index (χ2v) is 8.73. The fourth-order valence-electron chi connectivity index (χ4n) is 2.26. The van der Waals surface area contributed by atoms with Gasteiger partial charge in [0.15, 0.2) is 0 Å². The Morgan fingerprint density at radius 3 is 2.46 bits per heavy atom. The van der Waals surface area contributed by atoms with Gasteiger partial charge in [-0.25, -0.2) is 13.6 Å². The number of aryl methyl sites for hydroxylation is 2. The predicted molar refractivity (Wildman–Crippen MR) is 101 cm³/mol. The van der Waals surface area contributed by atoms with Crippen LogP contribution in [0.1, 0.15) is 43.8 Å². The maximum absolute atomic E-state index is 12.2. The van der Waals surface area contributed by atoms with Gasteiger partial charge in [0.2, 0.25) is 10.0 Å². The van der Waals surface area contributed by atoms with Crippen LogP contribution in [0.2, 0.25) is 5.02 Å². The molecule has 0 saturated carbocycles. The van der Waals surface area contributed by atoms with Gasteiger partial charge in [-0.2, -0.15) is 0 Å². The van der Waals surface area contributed by atoms with Crippen molar-refractivity contribution in [2.45, 2.75) is 31.6 Å². The average molecular weight is 416 g/mol. The monoisotopic (exact) mass is 415 g/mol. The molecule has 0 spiro atoms. The van der Waals surface area contributed by atoms with Crippen molar-refractivity contribution >= 4 is 44.8 Å². The van der Waals surface area contributed by atoms with Crippen molar-refractivity contribution in [1.29, 1.82) is 0 Å². The van der Waals surface area contributed by atoms with Crippen molar-refractivity contribution in [2.75, 3.05) is 0 Å². The third kappa shape index (κ3) is 4.82. The fraction of sp³-hybridized carbons (Fsp3) is 0.250. The molecule has 0 radical (unpaired) electrons. The van der Waals surface area contributed by atoms with E-state index in [1.807, 2.05) is 6.92 Å². The summed E-state index contributed by atoms with van der Waals surface area (Å²) in [6.07, 6.45) is 1.85. The lowest BCUT2D eigenvalue weighted by molar-refractivity contribution is 0.0848. The van der Waals surface area contributed by atoms with E-state index in [1.165, 1.54) is 23.5 Å². The van der Waals surface area contributed by atoms with E-state index in [1.54, 1.807) is 6.07 Å². The van der Waals surface area contributed by atoms with Gasteiger partial charge < -0.3 is 0 Å². The van der Waals surface area contributed by atoms with Crippen LogP contribution in [0.25, 0.3) is 0 Å². The third-order valence-electron chi connectivity index (χ3n) is 3.55. The smallest absolute Gasteiger partial charge is 0.267 e. The highest BCUT2D eigenvalue weighted by Gasteiger charge is 2.17. The molecule has 7 nitrogen and oxygen atoms in total. The zero-order valence-electron chi connectivity index (χ0n) is 14.1. The lowest BCUT2D eigenvalue weighted by Crippen LogP contribution is -2.41. The largest absolute Gasteiger partial charge is 0.279 e. The van der Waals surface area contributed by atoms with Gasteiger partial charge in [-0.3, -0.25) is 20.4 Å². The molecule has 0 aliphatic rings. The van der Waals surface area contributed by atoms with Crippen LogP contribution in [-0.2, 0) is 16.4 Å². The molecule has 0 saturated heterocycles. The molecule has 2 rings (SSSR count). The number of nitrogens with one attached hydrogen (secondary N) is 2. The molecule has 4 N–H and O–H groups in total. The lowest BCUT2D eigenvalue weighted by atomic mass is 10.1. The van der Waals surface area contributed by atoms with Gasteiger partial charge in [-0.1, -0.05) is 24.9 Å². The van der Waals surface area contributed by atoms with Crippen LogP contribution in [0.3, 0.4) is 0 Å². The minimum atomic E-state index is -4.07. The molecule has 1 aromatic carbocycles. The van der Waals surface area contributed by atoms with Crippen molar-refractivity contribution in [1.82, 2.24) is 10.9 Å². The highest BCUT2D eigenvalue weighted by Crippen LogP contribution is 2.23. The number of halogens is 1. The van der Waals surface area contributed by atoms with E-state index in [-0.39, 0.29) is 15.5 Å². The second-order valence-electron chi connectivity index (χ2n) is 5.54. The van der Waals surface area contributed by atoms with E-state index in [2.05, 4.69) is 17.8 Å². The van der Waals surface area contributed by atoms with Crippen molar-refractivity contribution in [3.63, 3.8) is 0 Å². The highest BCUT2D eigenvalue weighted by atomic mass is 35.5. The zero-order valence-corrected chi connectivity index (χ0v) is 16.5. The molecule has 0 unspecified atom stereocenters. The van der Waals surface area contributed by atoms with E-state index in [4.69, 9.17) is 16.7 Å². The van der Waals surface area contributed by atoms with Crippen LogP contribution in [0, 0.1) is 6.92 Å². The van der Waals surface area contributed by atoms with E-state index in [0.717, 1.165) is 29.3 Å². The number of primary sulfonamides is 1. The molecule has 0 aliphatic heterocycles. The summed E-state index contributed by atoms with van der Waals surface area (Å²) in [6, 6.07) is 5.42. The second kappa shape index (κ2) is 8.17. The summed E-state index contributed by atoms with van der Waals surface area (Å²) in [7, 11) is -4.07. The van der Waals surface area contributed by atoms with Gasteiger partial charge in [-0.15, -0.1) is 11.3 Å². The van der Waals surface area contributed by atoms with Gasteiger partial charge in [0.05, 0.1) is 9.90 Å². The minimum Gasteiger partial charge on any atom is -0.267 e. The molecule has 10 heteroatoms. The summed E-state index contributed by atoms with van der Waals surface area (Å²) in [5.41, 5.74) is 5.65. The molecule has 2 aromatic rings. The van der Waals surface area contributed by atoms with Crippen LogP contribution in [0.4, 0.5) is 0 Å². The topological polar surface area (TPSA) is 118 Å². The van der Waals surface area contributed by atoms with Gasteiger partial charge in [0, 0.05) is 10.4 Å². The molecule has 0 aliphatic carbocycles. The van der Waals surface area contributed by atoms with Gasteiger partial charge >= 0.3 is 0 Å². The van der Waals surface area contributed by atoms with E-state index in [0.29, 0.717) is 4.88 Å². The number of amides is 2. The predicted octanol–water partition coefficient (Wildman–Crippen LogP) is 2.38. The standard InChI is InChI=1S/C16H18ClN3O4S2/c1-3-4-10-7-13(25-9(10)2)16(22)20-19-15(21)11-5-6-12(17)14(8-11)26(18,23)24/h5-8H,3-4H2,1-2H3,(H,19,21)(H,20,22)(H2,18,23,24). The van der Waals surface area contributed by atoms with Gasteiger partial charge in [-0.05, 0) is 43.2 Å². The first-order valence-electron chi connectivity index (χ1n) is 7.65. The Labute approximate surface area is 160 Å². The molecule has 0 fully saturated rings. The third-order valence-corrected chi connectivity index (χ3v) is 6.04. The van der Waals surface area contributed by atoms with Gasteiger partial charge in [0.1, 0.15) is 4.90 Å². The highest BCUT2D eigenvalue weighted by molar-refractivity contribution is 7.89. The summed E-state index contributed by atoms with van der Waals surface area (Å²) in [5.74, 6) is -1.14. The summed E-state index contributed by atoms with van der Waals surface area (Å²) < 4.78 is 22.9. The van der Waals surface area contributed by atoms with Crippen molar-refractivity contribution in [2.24, 2.45) is 5.14 Å². The number of carbonyl (C=O) groups is 2. The Morgan fingerprint density at radius 2 is 1.85 bits per heavy atom. The van der Waals surface area contributed by atoms with Crippen LogP contribution < -0.4 is 16.0 Å². The van der Waals surface area contributed by atoms with E-state index >= 15 is 0 Å². The van der Waals surface area contributed by atoms with Crippen LogP contribution in [-0.4, -0.2) is 20.2 Å². The maximum Gasteiger partial charge on any atom is 0.279 e. The van der Waals surface area contributed by atoms with Gasteiger partial charge in [0.25, 0.3) is 11.8 Å². The first-order valence-corrected chi connectivity index (χ1v) is 10.4. The summed E-state index contributed by atoms with van der Waals surface area (Å²) in [6.45, 7) is 3.99. The first kappa shape index (κ1) is 20.4. The number of hydrogen-bond donors (Lipinski definition) is 3. The number of nitrogens with two attached hydrogens (primary N) is 1. The van der Waals surface area contributed by atoms with Crippen LogP contribution in [0.5, 0.6) is 0 Å². The van der Waals surface area contributed by atoms with Crippen LogP contribution in [0.15, 0.2) is 29.2 Å². The molecule has 0 bridgehead atoms. The quantitative estimate of drug-likeness (QED) is 0.649. The summed E-state index contributed by atoms with van der Waals surface area (Å²) in [4.78, 5) is 25.5. The average Bonchev–Trinajstić information content (AvgIpc) is 2.93. The van der Waals surface area contributed by atoms with E-state index in [9.17, 15) is 18.0 Å². The van der Waals surface area contributed by atoms with Crippen molar-refractivity contribution in [3.8, 4) is 0 Å². The molecular formula is C16H18ClN3O4S2. The summed E-state index contributed by atoms with van der Waals surface area (Å²) in [5, 5.41) is 4.96. The Balaban J connectivity index is 2.09. The van der Waals surface area contributed by atoms with Crippen molar-refractivity contribution < 1.29 is 18.0 Å². The number of benzene rings is 1. The fourth-order valence-corrected chi connectivity index (χ4v) is 4.30. The Kier molecular flexibility index (Phi) is 6.40. The number of sulfonamides is 1. The molecule has 0 atom stereocenters. The van der Waals surface area contributed by atoms with Crippen LogP contribution >= 0.6 is 22.9 Å². The number of hydrazine groups is 1. The zero-order chi connectivity index (χ0) is 19.5. The first-order chi connectivity index (χ1) is 12.1. The molecule has 2 amide bonds. The SMILES string of the molecule is CCCc1cc(C(=O)NNC(=O)c2ccc(Cl)c(S(N)(=O)=O)c2)sc1C. The minimum absolute atomic E-state index is 0.00671. The molecule has 1 heterocycles. The Bertz CT molecular complexity index is 954. The number of hydrogen-bond acceptors (Lipinski definition) is 5. The lowest BCUT2D eigenvalue weighted by Gasteiger charge is -2.08. The summed E-state index contributed by atoms with van der Waals surface area (Å²) >= 11 is 7.12. The number of rotatable bonds is 5. The molecular weight excluding hydrogens is 398 g/mol. The Hall–Kier alpha value is -1.94. The van der Waals surface area contributed by atoms with Crippen molar-refractivity contribution in [3.05, 3.63) is 50.2 Å². The maximum atomic E-state index is 12.2. The molecule has 26 heavy (non-hydrogen) atoms. The Morgan fingerprint density at radius 1 is 1.19 bits per heavy atom.